The molecule has 1 aromatic rings. The van der Waals surface area contributed by atoms with E-state index >= 15 is 0 Å². The third-order valence-electron chi connectivity index (χ3n) is 4.36. The maximum Gasteiger partial charge on any atom is 0.194 e. The fourth-order valence-electron chi connectivity index (χ4n) is 3.17. The van der Waals surface area contributed by atoms with Crippen LogP contribution in [0, 0.1) is 11.8 Å². The van der Waals surface area contributed by atoms with Crippen molar-refractivity contribution in [2.24, 2.45) is 11.8 Å². The summed E-state index contributed by atoms with van der Waals surface area (Å²) in [5, 5.41) is 3.47. The predicted octanol–water partition coefficient (Wildman–Crippen LogP) is 4.37. The lowest BCUT2D eigenvalue weighted by molar-refractivity contribution is 0.384. The van der Waals surface area contributed by atoms with E-state index in [1.807, 2.05) is 6.20 Å². The van der Waals surface area contributed by atoms with Crippen LogP contribution in [0.3, 0.4) is 0 Å². The first-order valence-electron chi connectivity index (χ1n) is 8.88. The van der Waals surface area contributed by atoms with E-state index in [1.54, 1.807) is 0 Å². The lowest BCUT2D eigenvalue weighted by Gasteiger charge is -2.11. The lowest BCUT2D eigenvalue weighted by atomic mass is 9.96. The summed E-state index contributed by atoms with van der Waals surface area (Å²) in [6.07, 6.45) is 13.5. The van der Waals surface area contributed by atoms with Crippen molar-refractivity contribution in [3.05, 3.63) is 17.8 Å². The molecule has 1 heterocycles. The van der Waals surface area contributed by atoms with Crippen LogP contribution in [-0.4, -0.2) is 18.1 Å². The monoisotopic (exact) mass is 292 g/mol. The number of rotatable bonds is 8. The van der Waals surface area contributed by atoms with Gasteiger partial charge >= 0.3 is 0 Å². The molecule has 0 aliphatic heterocycles. The minimum absolute atomic E-state index is 0.720. The van der Waals surface area contributed by atoms with Crippen LogP contribution in [-0.2, 0) is 12.8 Å². The molecule has 0 bridgehead atoms. The number of aromatic nitrogens is 1. The van der Waals surface area contributed by atoms with E-state index in [0.29, 0.717) is 0 Å². The second-order valence-electron chi connectivity index (χ2n) is 6.98. The van der Waals surface area contributed by atoms with E-state index in [2.05, 4.69) is 24.1 Å². The average Bonchev–Trinajstić information content (AvgIpc) is 2.73. The standard InChI is InChI=1S/C18H32N2O/c1-15(2)13-19-11-7-10-18-20-14-17(21-18)12-16-8-5-3-4-6-9-16/h14-16,19H,3-13H2,1-2H3. The van der Waals surface area contributed by atoms with E-state index in [-0.39, 0.29) is 0 Å². The summed E-state index contributed by atoms with van der Waals surface area (Å²) >= 11 is 0. The summed E-state index contributed by atoms with van der Waals surface area (Å²) in [4.78, 5) is 4.44. The largest absolute Gasteiger partial charge is 0.446 e. The lowest BCUT2D eigenvalue weighted by Crippen LogP contribution is -2.21. The topological polar surface area (TPSA) is 38.1 Å². The minimum Gasteiger partial charge on any atom is -0.446 e. The smallest absolute Gasteiger partial charge is 0.194 e. The molecule has 0 unspecified atom stereocenters. The summed E-state index contributed by atoms with van der Waals surface area (Å²) in [6, 6.07) is 0. The van der Waals surface area contributed by atoms with E-state index in [1.165, 1.54) is 38.5 Å². The first kappa shape index (κ1) is 16.5. The highest BCUT2D eigenvalue weighted by Gasteiger charge is 2.15. The molecule has 21 heavy (non-hydrogen) atoms. The number of nitrogens with one attached hydrogen (secondary N) is 1. The normalized spacial score (nSPS) is 17.3. The van der Waals surface area contributed by atoms with Crippen LogP contribution in [0.15, 0.2) is 10.6 Å². The van der Waals surface area contributed by atoms with Crippen LogP contribution < -0.4 is 5.32 Å². The van der Waals surface area contributed by atoms with Crippen molar-refractivity contribution in [2.45, 2.75) is 71.6 Å². The van der Waals surface area contributed by atoms with Crippen molar-refractivity contribution in [3.8, 4) is 0 Å². The van der Waals surface area contributed by atoms with Crippen molar-refractivity contribution in [1.82, 2.24) is 10.3 Å². The van der Waals surface area contributed by atoms with Crippen molar-refractivity contribution in [3.63, 3.8) is 0 Å². The molecular weight excluding hydrogens is 260 g/mol. The van der Waals surface area contributed by atoms with Crippen LogP contribution in [0.4, 0.5) is 0 Å². The molecule has 0 spiro atoms. The molecule has 3 nitrogen and oxygen atoms in total. The quantitative estimate of drug-likeness (QED) is 0.571. The highest BCUT2D eigenvalue weighted by atomic mass is 16.4. The Morgan fingerprint density at radius 3 is 2.71 bits per heavy atom. The molecule has 0 aromatic carbocycles. The molecule has 0 radical (unpaired) electrons. The average molecular weight is 292 g/mol. The number of oxazole rings is 1. The third-order valence-corrected chi connectivity index (χ3v) is 4.36. The Balaban J connectivity index is 1.66. The zero-order valence-corrected chi connectivity index (χ0v) is 13.9. The van der Waals surface area contributed by atoms with Crippen molar-refractivity contribution < 1.29 is 4.42 Å². The van der Waals surface area contributed by atoms with Crippen LogP contribution in [0.5, 0.6) is 0 Å². The van der Waals surface area contributed by atoms with E-state index in [0.717, 1.165) is 55.8 Å². The van der Waals surface area contributed by atoms with Gasteiger partial charge in [0, 0.05) is 12.8 Å². The number of aryl methyl sites for hydroxylation is 1. The second-order valence-corrected chi connectivity index (χ2v) is 6.98. The van der Waals surface area contributed by atoms with Gasteiger partial charge in [-0.1, -0.05) is 52.4 Å². The van der Waals surface area contributed by atoms with Crippen molar-refractivity contribution >= 4 is 0 Å². The second kappa shape index (κ2) is 9.24. The fourth-order valence-corrected chi connectivity index (χ4v) is 3.17. The first-order valence-corrected chi connectivity index (χ1v) is 8.88. The van der Waals surface area contributed by atoms with E-state index in [9.17, 15) is 0 Å². The van der Waals surface area contributed by atoms with Crippen LogP contribution in [0.25, 0.3) is 0 Å². The fraction of sp³-hybridized carbons (Fsp3) is 0.833. The van der Waals surface area contributed by atoms with Gasteiger partial charge in [-0.3, -0.25) is 0 Å². The number of nitrogens with zero attached hydrogens (tertiary/aromatic N) is 1. The van der Waals surface area contributed by atoms with E-state index < -0.39 is 0 Å². The highest BCUT2D eigenvalue weighted by Crippen LogP contribution is 2.26. The molecule has 3 heteroatoms. The molecule has 0 saturated heterocycles. The molecule has 2 rings (SSSR count). The molecule has 1 saturated carbocycles. The highest BCUT2D eigenvalue weighted by molar-refractivity contribution is 4.96. The molecule has 1 fully saturated rings. The van der Waals surface area contributed by atoms with Gasteiger partial charge in [0.15, 0.2) is 5.89 Å². The summed E-state index contributed by atoms with van der Waals surface area (Å²) in [5.74, 6) is 3.57. The third kappa shape index (κ3) is 6.64. The molecule has 1 aliphatic rings. The SMILES string of the molecule is CC(C)CNCCCc1ncc(CC2CCCCCC2)o1. The van der Waals surface area contributed by atoms with Gasteiger partial charge in [-0.15, -0.1) is 0 Å². The maximum atomic E-state index is 5.92. The van der Waals surface area contributed by atoms with Gasteiger partial charge in [0.1, 0.15) is 5.76 Å². The summed E-state index contributed by atoms with van der Waals surface area (Å²) in [6.45, 7) is 6.62. The number of hydrogen-bond acceptors (Lipinski definition) is 3. The van der Waals surface area contributed by atoms with Gasteiger partial charge in [0.05, 0.1) is 6.20 Å². The molecule has 1 N–H and O–H groups in total. The van der Waals surface area contributed by atoms with Crippen molar-refractivity contribution in [1.29, 1.82) is 0 Å². The zero-order valence-electron chi connectivity index (χ0n) is 13.9. The van der Waals surface area contributed by atoms with Crippen LogP contribution in [0.1, 0.15) is 70.4 Å². The molecule has 1 aliphatic carbocycles. The van der Waals surface area contributed by atoms with Gasteiger partial charge < -0.3 is 9.73 Å². The Kier molecular flexibility index (Phi) is 7.28. The van der Waals surface area contributed by atoms with E-state index in [4.69, 9.17) is 4.42 Å². The molecule has 1 aromatic heterocycles. The Hall–Kier alpha value is -0.830. The van der Waals surface area contributed by atoms with Gasteiger partial charge in [-0.25, -0.2) is 4.98 Å². The molecule has 0 atom stereocenters. The summed E-state index contributed by atoms with van der Waals surface area (Å²) in [7, 11) is 0. The summed E-state index contributed by atoms with van der Waals surface area (Å²) in [5.41, 5.74) is 0. The number of hydrogen-bond donors (Lipinski definition) is 1. The Morgan fingerprint density at radius 1 is 1.24 bits per heavy atom. The van der Waals surface area contributed by atoms with Crippen LogP contribution >= 0.6 is 0 Å². The summed E-state index contributed by atoms with van der Waals surface area (Å²) < 4.78 is 5.92. The van der Waals surface area contributed by atoms with Crippen molar-refractivity contribution in [2.75, 3.05) is 13.1 Å². The molecule has 0 amide bonds. The zero-order chi connectivity index (χ0) is 14.9. The predicted molar refractivity (Wildman–Crippen MR) is 87.4 cm³/mol. The molecule has 120 valence electrons. The molecular formula is C18H32N2O. The van der Waals surface area contributed by atoms with Gasteiger partial charge in [-0.05, 0) is 31.3 Å². The Bertz CT molecular complexity index is 378. The van der Waals surface area contributed by atoms with Gasteiger partial charge in [-0.2, -0.15) is 0 Å². The minimum atomic E-state index is 0.720. The Labute approximate surface area is 129 Å². The van der Waals surface area contributed by atoms with Crippen LogP contribution in [0.2, 0.25) is 0 Å². The van der Waals surface area contributed by atoms with Gasteiger partial charge in [0.25, 0.3) is 0 Å². The first-order chi connectivity index (χ1) is 10.2. The van der Waals surface area contributed by atoms with Gasteiger partial charge in [0.2, 0.25) is 0 Å². The Morgan fingerprint density at radius 2 is 2.00 bits per heavy atom. The maximum absolute atomic E-state index is 5.92.